The largest absolute Gasteiger partial charge is 0.394 e. The summed E-state index contributed by atoms with van der Waals surface area (Å²) in [4.78, 5) is 0.350. The van der Waals surface area contributed by atoms with Gasteiger partial charge in [-0.15, -0.1) is 0 Å². The fourth-order valence-corrected chi connectivity index (χ4v) is 8.55. The van der Waals surface area contributed by atoms with Crippen LogP contribution in [-0.2, 0) is 47.5 Å². The van der Waals surface area contributed by atoms with Crippen molar-refractivity contribution in [2.75, 3.05) is 79.3 Å². The van der Waals surface area contributed by atoms with Crippen molar-refractivity contribution in [2.45, 2.75) is 103 Å². The van der Waals surface area contributed by atoms with E-state index < -0.39 is 20.2 Å². The van der Waals surface area contributed by atoms with Gasteiger partial charge in [0, 0.05) is 0 Å². The number of ether oxygens (including phenoxy) is 4. The summed E-state index contributed by atoms with van der Waals surface area (Å²) in [5.41, 5.74) is 12.7. The molecule has 2 aromatic carbocycles. The fraction of sp³-hybridized carbons (Fsp3) is 0.481. The van der Waals surface area contributed by atoms with E-state index in [-0.39, 0.29) is 49.4 Å². The average molecular weight is 981 g/mol. The minimum Gasteiger partial charge on any atom is -0.394 e. The van der Waals surface area contributed by atoms with Gasteiger partial charge >= 0.3 is 0 Å². The highest BCUT2D eigenvalue weighted by Gasteiger charge is 2.16. The second-order valence-corrected chi connectivity index (χ2v) is 20.4. The van der Waals surface area contributed by atoms with E-state index in [2.05, 4.69) is 76.3 Å². The fourth-order valence-electron chi connectivity index (χ4n) is 6.76. The molecule has 2 N–H and O–H groups in total. The molecule has 68 heavy (non-hydrogen) atoms. The Morgan fingerprint density at radius 2 is 0.750 bits per heavy atom. The van der Waals surface area contributed by atoms with Crippen molar-refractivity contribution < 1.29 is 54.4 Å². The molecule has 0 aromatic heterocycles. The molecule has 0 aliphatic heterocycles. The molecule has 0 heterocycles. The summed E-state index contributed by atoms with van der Waals surface area (Å²) in [6, 6.07) is 13.2. The van der Waals surface area contributed by atoms with Gasteiger partial charge in [0.2, 0.25) is 0 Å². The van der Waals surface area contributed by atoms with Gasteiger partial charge in [-0.05, 0) is 139 Å². The summed E-state index contributed by atoms with van der Waals surface area (Å²) in [6.45, 7) is 16.4. The normalized spacial score (nSPS) is 16.0. The van der Waals surface area contributed by atoms with Crippen molar-refractivity contribution in [3.05, 3.63) is 153 Å². The third kappa shape index (κ3) is 25.0. The van der Waals surface area contributed by atoms with Crippen LogP contribution in [0.4, 0.5) is 0 Å². The number of aryl methyl sites for hydroxylation is 2. The third-order valence-corrected chi connectivity index (χ3v) is 13.4. The second-order valence-electron chi connectivity index (χ2n) is 17.1. The zero-order chi connectivity index (χ0) is 49.6. The van der Waals surface area contributed by atoms with Gasteiger partial charge in [0.25, 0.3) is 20.2 Å². The van der Waals surface area contributed by atoms with Crippen LogP contribution in [-0.4, -0.2) is 106 Å². The van der Waals surface area contributed by atoms with E-state index in [9.17, 15) is 16.8 Å². The first-order chi connectivity index (χ1) is 32.6. The Bertz CT molecular complexity index is 2300. The van der Waals surface area contributed by atoms with Crippen molar-refractivity contribution in [2.24, 2.45) is 0 Å². The highest BCUT2D eigenvalue weighted by atomic mass is 32.2. The second kappa shape index (κ2) is 32.7. The highest BCUT2D eigenvalue weighted by Crippen LogP contribution is 2.21. The van der Waals surface area contributed by atoms with E-state index in [1.807, 2.05) is 13.8 Å². The maximum atomic E-state index is 12.0. The molecule has 0 radical (unpaired) electrons. The molecular weight excluding hydrogens is 905 g/mol. The van der Waals surface area contributed by atoms with Crippen LogP contribution in [0.1, 0.15) is 90.2 Å². The smallest absolute Gasteiger partial charge is 0.297 e. The first kappa shape index (κ1) is 58.3. The number of aliphatic hydroxyl groups excluding tert-OH is 2. The summed E-state index contributed by atoms with van der Waals surface area (Å²) in [6.07, 6.45) is 25.5. The zero-order valence-electron chi connectivity index (χ0n) is 41.2. The Balaban J connectivity index is 0.000000250. The van der Waals surface area contributed by atoms with Gasteiger partial charge in [0.1, 0.15) is 0 Å². The molecule has 2 aromatic rings. The maximum absolute atomic E-state index is 12.0. The molecule has 0 saturated heterocycles. The Morgan fingerprint density at radius 3 is 1.07 bits per heavy atom. The Morgan fingerprint density at radius 1 is 0.397 bits per heavy atom. The van der Waals surface area contributed by atoms with E-state index in [1.165, 1.54) is 44.6 Å². The lowest BCUT2D eigenvalue weighted by Crippen LogP contribution is -2.13. The third-order valence-electron chi connectivity index (χ3n) is 10.8. The number of benzene rings is 2. The summed E-state index contributed by atoms with van der Waals surface area (Å²) in [7, 11) is -7.39. The molecule has 0 bridgehead atoms. The van der Waals surface area contributed by atoms with Crippen LogP contribution in [0.5, 0.6) is 0 Å². The Labute approximate surface area is 407 Å². The lowest BCUT2D eigenvalue weighted by Gasteiger charge is -2.13. The molecule has 14 heteroatoms. The van der Waals surface area contributed by atoms with Crippen molar-refractivity contribution in [1.82, 2.24) is 0 Å². The highest BCUT2D eigenvalue weighted by molar-refractivity contribution is 7.87. The minimum absolute atomic E-state index is 0.0261. The van der Waals surface area contributed by atoms with Gasteiger partial charge in [0.15, 0.2) is 0 Å². The van der Waals surface area contributed by atoms with Crippen molar-refractivity contribution in [3.8, 4) is 0 Å². The SMILES string of the molecule is CC1=CCC(COCCO)=CC1.CC1=CCC(COCCOS(=O)(=O)c2ccc(C)cc2)=CC1.CC1=CCC=C(COCCO)C1.CC1=CCC=C(COCCOS(=O)(=O)c2ccc(C)cc2)C1. The molecule has 0 fully saturated rings. The molecule has 0 saturated carbocycles. The predicted molar refractivity (Wildman–Crippen MR) is 270 cm³/mol. The van der Waals surface area contributed by atoms with Crippen LogP contribution < -0.4 is 0 Å². The lowest BCUT2D eigenvalue weighted by atomic mass is 10.0. The Hall–Kier alpha value is -4.06. The number of hydrogen-bond acceptors (Lipinski definition) is 12. The molecule has 0 spiro atoms. The van der Waals surface area contributed by atoms with E-state index >= 15 is 0 Å². The van der Waals surface area contributed by atoms with E-state index in [0.29, 0.717) is 39.6 Å². The summed E-state index contributed by atoms with van der Waals surface area (Å²) >= 11 is 0. The van der Waals surface area contributed by atoms with Crippen LogP contribution in [0, 0.1) is 13.8 Å². The van der Waals surface area contributed by atoms with Gasteiger partial charge in [-0.3, -0.25) is 8.37 Å². The predicted octanol–water partition coefficient (Wildman–Crippen LogP) is 10.1. The van der Waals surface area contributed by atoms with Crippen LogP contribution in [0.3, 0.4) is 0 Å². The van der Waals surface area contributed by atoms with Gasteiger partial charge in [-0.1, -0.05) is 106 Å². The van der Waals surface area contributed by atoms with E-state index in [4.69, 9.17) is 37.5 Å². The van der Waals surface area contributed by atoms with Crippen LogP contribution >= 0.6 is 0 Å². The quantitative estimate of drug-likeness (QED) is 0.0653. The topological polar surface area (TPSA) is 164 Å². The van der Waals surface area contributed by atoms with Gasteiger partial charge in [-0.2, -0.15) is 16.8 Å². The lowest BCUT2D eigenvalue weighted by molar-refractivity contribution is 0.107. The minimum atomic E-state index is -3.69. The molecular formula is C54H76O12S2. The number of allylic oxidation sites excluding steroid dienone is 12. The molecule has 376 valence electrons. The zero-order valence-corrected chi connectivity index (χ0v) is 42.8. The first-order valence-corrected chi connectivity index (χ1v) is 26.2. The van der Waals surface area contributed by atoms with Crippen molar-refractivity contribution in [1.29, 1.82) is 0 Å². The Kier molecular flexibility index (Phi) is 28.0. The summed E-state index contributed by atoms with van der Waals surface area (Å²) in [5, 5.41) is 17.0. The molecule has 0 amide bonds. The summed E-state index contributed by atoms with van der Waals surface area (Å²) < 4.78 is 79.2. The van der Waals surface area contributed by atoms with Crippen molar-refractivity contribution in [3.63, 3.8) is 0 Å². The van der Waals surface area contributed by atoms with Gasteiger partial charge in [-0.25, -0.2) is 0 Å². The number of rotatable bonds is 22. The molecule has 4 aliphatic rings. The monoisotopic (exact) mass is 980 g/mol. The summed E-state index contributed by atoms with van der Waals surface area (Å²) in [5.74, 6) is 0. The van der Waals surface area contributed by atoms with Crippen LogP contribution in [0.25, 0.3) is 0 Å². The molecule has 6 rings (SSSR count). The van der Waals surface area contributed by atoms with Crippen molar-refractivity contribution >= 4 is 20.2 Å². The van der Waals surface area contributed by atoms with Gasteiger partial charge < -0.3 is 29.2 Å². The number of hydrogen-bond donors (Lipinski definition) is 2. The number of aliphatic hydroxyl groups is 2. The molecule has 12 nitrogen and oxygen atoms in total. The van der Waals surface area contributed by atoms with Crippen LogP contribution in [0.2, 0.25) is 0 Å². The maximum Gasteiger partial charge on any atom is 0.297 e. The van der Waals surface area contributed by atoms with E-state index in [1.54, 1.807) is 48.5 Å². The standard InChI is InChI=1S/2C17H22O4S.2C10H16O2/c1-14-3-7-16(8-4-14)13-20-11-12-21-22(18,19)17-9-5-15(2)6-10-17;1-14-6-8-17(9-7-14)22(18,19)21-11-10-20-13-16-5-3-4-15(2)12-16;1-9-2-4-10(5-3-9)8-12-7-6-11;1-9-3-2-4-10(7-9)8-12-6-5-11/h3,5-6,8-10H,4,7,11-13H2,1-2H3;4-9H,3,10-13H2,1-2H3;2,5,11H,3-4,6-8H2,1H3;3-4,11H,2,5-8H2,1H3. The molecule has 0 unspecified atom stereocenters. The molecule has 4 aliphatic carbocycles. The average Bonchev–Trinajstić information content (AvgIpc) is 3.31. The first-order valence-electron chi connectivity index (χ1n) is 23.4. The molecule has 0 atom stereocenters. The van der Waals surface area contributed by atoms with Gasteiger partial charge in [0.05, 0.1) is 89.1 Å². The van der Waals surface area contributed by atoms with Crippen LogP contribution in [0.15, 0.2) is 152 Å². The van der Waals surface area contributed by atoms with E-state index in [0.717, 1.165) is 62.5 Å².